The molecule has 0 aromatic heterocycles. The highest BCUT2D eigenvalue weighted by Gasteiger charge is 2.25. The molecule has 0 saturated carbocycles. The van der Waals surface area contributed by atoms with Gasteiger partial charge in [-0.1, -0.05) is 13.0 Å². The molecule has 1 aromatic rings. The van der Waals surface area contributed by atoms with Crippen molar-refractivity contribution >= 4 is 21.8 Å². The zero-order valence-corrected chi connectivity index (χ0v) is 13.8. The number of halogens is 1. The lowest BCUT2D eigenvalue weighted by atomic mass is 10.00. The second-order valence-electron chi connectivity index (χ2n) is 5.37. The van der Waals surface area contributed by atoms with Gasteiger partial charge in [-0.3, -0.25) is 4.79 Å². The summed E-state index contributed by atoms with van der Waals surface area (Å²) in [6, 6.07) is 6.28. The third kappa shape index (κ3) is 3.75. The van der Waals surface area contributed by atoms with E-state index >= 15 is 0 Å². The Kier molecular flexibility index (Phi) is 5.46. The smallest absolute Gasteiger partial charge is 0.260 e. The minimum atomic E-state index is 0.101. The maximum Gasteiger partial charge on any atom is 0.260 e. The number of nitrogens with zero attached hydrogens (tertiary/aromatic N) is 1. The Morgan fingerprint density at radius 1 is 1.45 bits per heavy atom. The molecule has 1 aliphatic heterocycles. The number of hydrogen-bond acceptors (Lipinski definition) is 2. The van der Waals surface area contributed by atoms with E-state index in [9.17, 15) is 4.79 Å². The van der Waals surface area contributed by atoms with Gasteiger partial charge in [0.1, 0.15) is 5.75 Å². The summed E-state index contributed by atoms with van der Waals surface area (Å²) in [5.41, 5.74) is 1.16. The molecule has 1 atom stereocenters. The van der Waals surface area contributed by atoms with Gasteiger partial charge in [0.25, 0.3) is 5.91 Å². The molecule has 1 aliphatic rings. The molecule has 1 amide bonds. The fourth-order valence-electron chi connectivity index (χ4n) is 2.70. The Morgan fingerprint density at radius 3 is 2.95 bits per heavy atom. The Morgan fingerprint density at radius 2 is 2.25 bits per heavy atom. The van der Waals surface area contributed by atoms with Crippen molar-refractivity contribution in [3.05, 3.63) is 28.2 Å². The molecule has 4 heteroatoms. The van der Waals surface area contributed by atoms with Crippen LogP contribution in [0.25, 0.3) is 0 Å². The number of hydrogen-bond donors (Lipinski definition) is 0. The van der Waals surface area contributed by atoms with E-state index in [0.717, 1.165) is 41.6 Å². The largest absolute Gasteiger partial charge is 0.483 e. The van der Waals surface area contributed by atoms with Crippen LogP contribution in [0.1, 0.15) is 38.2 Å². The van der Waals surface area contributed by atoms with E-state index in [0.29, 0.717) is 6.04 Å². The topological polar surface area (TPSA) is 29.5 Å². The van der Waals surface area contributed by atoms with Gasteiger partial charge in [-0.25, -0.2) is 0 Å². The van der Waals surface area contributed by atoms with Crippen LogP contribution in [0.2, 0.25) is 0 Å². The first-order valence-corrected chi connectivity index (χ1v) is 8.09. The quantitative estimate of drug-likeness (QED) is 0.831. The molecule has 20 heavy (non-hydrogen) atoms. The van der Waals surface area contributed by atoms with Crippen molar-refractivity contribution in [1.82, 2.24) is 4.90 Å². The summed E-state index contributed by atoms with van der Waals surface area (Å²) in [7, 11) is 0. The van der Waals surface area contributed by atoms with E-state index in [1.165, 1.54) is 6.42 Å². The van der Waals surface area contributed by atoms with Crippen LogP contribution in [0.4, 0.5) is 0 Å². The number of ether oxygens (including phenoxy) is 1. The van der Waals surface area contributed by atoms with Crippen molar-refractivity contribution in [2.24, 2.45) is 0 Å². The van der Waals surface area contributed by atoms with Gasteiger partial charge in [-0.05, 0) is 66.2 Å². The molecular formula is C16H22BrNO2. The molecule has 1 heterocycles. The molecule has 1 saturated heterocycles. The van der Waals surface area contributed by atoms with Gasteiger partial charge < -0.3 is 9.64 Å². The molecule has 0 N–H and O–H groups in total. The summed E-state index contributed by atoms with van der Waals surface area (Å²) < 4.78 is 6.56. The first-order chi connectivity index (χ1) is 9.61. The van der Waals surface area contributed by atoms with Crippen LogP contribution >= 0.6 is 15.9 Å². The number of aryl methyl sites for hydroxylation is 1. The summed E-state index contributed by atoms with van der Waals surface area (Å²) in [4.78, 5) is 14.3. The van der Waals surface area contributed by atoms with Crippen LogP contribution in [-0.2, 0) is 4.79 Å². The Labute approximate surface area is 129 Å². The fraction of sp³-hybridized carbons (Fsp3) is 0.562. The van der Waals surface area contributed by atoms with Crippen LogP contribution in [0.3, 0.4) is 0 Å². The Balaban J connectivity index is 1.94. The second-order valence-corrected chi connectivity index (χ2v) is 6.22. The summed E-state index contributed by atoms with van der Waals surface area (Å²) in [6.07, 6.45) is 4.49. The number of amides is 1. The molecule has 110 valence electrons. The van der Waals surface area contributed by atoms with Gasteiger partial charge in [-0.15, -0.1) is 0 Å². The number of carbonyl (C=O) groups is 1. The van der Waals surface area contributed by atoms with E-state index < -0.39 is 0 Å². The van der Waals surface area contributed by atoms with Crippen molar-refractivity contribution in [2.45, 2.75) is 45.6 Å². The predicted molar refractivity (Wildman–Crippen MR) is 84.0 cm³/mol. The number of carbonyl (C=O) groups excluding carboxylic acids is 1. The Hall–Kier alpha value is -1.03. The van der Waals surface area contributed by atoms with Crippen LogP contribution in [-0.4, -0.2) is 30.0 Å². The highest BCUT2D eigenvalue weighted by atomic mass is 79.9. The van der Waals surface area contributed by atoms with E-state index in [1.54, 1.807) is 0 Å². The lowest BCUT2D eigenvalue weighted by molar-refractivity contribution is -0.137. The highest BCUT2D eigenvalue weighted by molar-refractivity contribution is 9.10. The molecular weight excluding hydrogens is 318 g/mol. The molecule has 1 aromatic carbocycles. The molecule has 0 aliphatic carbocycles. The van der Waals surface area contributed by atoms with E-state index in [1.807, 2.05) is 30.0 Å². The minimum absolute atomic E-state index is 0.101. The predicted octanol–water partition coefficient (Wildman–Crippen LogP) is 3.93. The van der Waals surface area contributed by atoms with Gasteiger partial charge in [0.05, 0.1) is 4.47 Å². The van der Waals surface area contributed by atoms with Crippen LogP contribution < -0.4 is 4.74 Å². The van der Waals surface area contributed by atoms with Crippen LogP contribution in [0.15, 0.2) is 22.7 Å². The zero-order valence-electron chi connectivity index (χ0n) is 12.2. The number of benzene rings is 1. The third-order valence-electron chi connectivity index (χ3n) is 3.86. The van der Waals surface area contributed by atoms with Crippen LogP contribution in [0, 0.1) is 6.92 Å². The summed E-state index contributed by atoms with van der Waals surface area (Å²) in [5.74, 6) is 0.832. The van der Waals surface area contributed by atoms with E-state index in [-0.39, 0.29) is 12.5 Å². The fourth-order valence-corrected chi connectivity index (χ4v) is 3.31. The van der Waals surface area contributed by atoms with Crippen molar-refractivity contribution in [2.75, 3.05) is 13.2 Å². The highest BCUT2D eigenvalue weighted by Crippen LogP contribution is 2.26. The van der Waals surface area contributed by atoms with Crippen molar-refractivity contribution in [3.8, 4) is 5.75 Å². The van der Waals surface area contributed by atoms with Gasteiger partial charge in [0.15, 0.2) is 6.61 Å². The maximum atomic E-state index is 12.3. The molecule has 0 unspecified atom stereocenters. The molecule has 0 bridgehead atoms. The zero-order chi connectivity index (χ0) is 14.5. The normalized spacial score (nSPS) is 18.9. The molecule has 1 fully saturated rings. The molecule has 0 radical (unpaired) electrons. The molecule has 3 nitrogen and oxygen atoms in total. The molecule has 0 spiro atoms. The number of piperidine rings is 1. The van der Waals surface area contributed by atoms with Gasteiger partial charge in [0.2, 0.25) is 0 Å². The van der Waals surface area contributed by atoms with Gasteiger partial charge >= 0.3 is 0 Å². The van der Waals surface area contributed by atoms with Gasteiger partial charge in [0, 0.05) is 12.6 Å². The van der Waals surface area contributed by atoms with E-state index in [4.69, 9.17) is 4.74 Å². The van der Waals surface area contributed by atoms with Crippen LogP contribution in [0.5, 0.6) is 5.75 Å². The maximum absolute atomic E-state index is 12.3. The number of likely N-dealkylation sites (tertiary alicyclic amines) is 1. The first-order valence-electron chi connectivity index (χ1n) is 7.30. The average Bonchev–Trinajstić information content (AvgIpc) is 2.46. The summed E-state index contributed by atoms with van der Waals surface area (Å²) in [5, 5.41) is 0. The van der Waals surface area contributed by atoms with Crippen molar-refractivity contribution in [1.29, 1.82) is 0 Å². The standard InChI is InChI=1S/C16H22BrNO2/c1-3-13-6-4-5-9-18(13)16(19)11-20-15-8-7-12(2)10-14(15)17/h7-8,10,13H,3-6,9,11H2,1-2H3/t13-/m0/s1. The average molecular weight is 340 g/mol. The Bertz CT molecular complexity index is 476. The lowest BCUT2D eigenvalue weighted by Crippen LogP contribution is -2.45. The summed E-state index contributed by atoms with van der Waals surface area (Å²) >= 11 is 3.47. The summed E-state index contributed by atoms with van der Waals surface area (Å²) in [6.45, 7) is 5.17. The minimum Gasteiger partial charge on any atom is -0.483 e. The van der Waals surface area contributed by atoms with Crippen molar-refractivity contribution < 1.29 is 9.53 Å². The third-order valence-corrected chi connectivity index (χ3v) is 4.48. The first kappa shape index (κ1) is 15.4. The second kappa shape index (κ2) is 7.11. The monoisotopic (exact) mass is 339 g/mol. The van der Waals surface area contributed by atoms with Gasteiger partial charge in [-0.2, -0.15) is 0 Å². The van der Waals surface area contributed by atoms with E-state index in [2.05, 4.69) is 22.9 Å². The lowest BCUT2D eigenvalue weighted by Gasteiger charge is -2.35. The molecule has 2 rings (SSSR count). The number of rotatable bonds is 4. The SMILES string of the molecule is CC[C@H]1CCCCN1C(=O)COc1ccc(C)cc1Br. The van der Waals surface area contributed by atoms with Crippen molar-refractivity contribution in [3.63, 3.8) is 0 Å².